The van der Waals surface area contributed by atoms with E-state index in [4.69, 9.17) is 44.9 Å². The topological polar surface area (TPSA) is 151 Å². The number of rotatable bonds is 15. The summed E-state index contributed by atoms with van der Waals surface area (Å²) in [6, 6.07) is 160. The smallest absolute Gasteiger partial charge is 0.240 e. The van der Waals surface area contributed by atoms with Crippen LogP contribution in [0.15, 0.2) is 455 Å². The molecule has 19 aromatic carbocycles. The fourth-order valence-electron chi connectivity index (χ4n) is 21.9. The molecule has 0 amide bonds. The van der Waals surface area contributed by atoms with E-state index in [-0.39, 0.29) is 0 Å². The first-order valence-corrected chi connectivity index (χ1v) is 49.5. The fourth-order valence-corrected chi connectivity index (χ4v) is 21.9. The predicted molar refractivity (Wildman–Crippen MR) is 595 cm³/mol. The Morgan fingerprint density at radius 1 is 0.152 bits per heavy atom. The molecule has 0 fully saturated rings. The van der Waals surface area contributed by atoms with E-state index >= 15 is 0 Å². The standard InChI is InChI=1S/C45H28N6.C43H33N5.C41H29N5/c1-3-15-29(16-4-1)43-46-44(50-36-23-11-7-19-31(36)32-20-8-12-24-37(32)50)48-45(47-43)51-38-25-13-9-21-33(38)34-27-28-40-41(42(34)51)35-22-10-14-26-39(35)49(40)30-17-5-2-6-18-30;1-3-28-18-22-30(23-19-28)41-44-42(31-24-20-29(4-2)21-25-31)46-43(45-41)48-36-16-10-8-14-33(36)34-26-27-38-39(40(34)48)35-15-9-11-17-37(35)47(38)32-12-6-5-7-13-32;1-2-27-14-13-19-30(26-27)45-35-23-12-10-21-33(35)37-36(45)25-24-32-31-20-9-11-22-34(31)46(38(32)37)41-43-39(28-15-5-3-6-16-28)42-40(44-41)29-17-7-4-8-18-29/h1-28H;5-27H,3-4H2,1-2H3;3-26H,2H2,1H3. The molecule has 0 aliphatic heterocycles. The third-order valence-corrected chi connectivity index (χ3v) is 28.6. The average molecular weight is 1860 g/mol. The number of nitrogens with zero attached hydrogens (tertiary/aromatic N) is 16. The van der Waals surface area contributed by atoms with Crippen molar-refractivity contribution in [2.75, 3.05) is 0 Å². The van der Waals surface area contributed by atoms with Crippen LogP contribution < -0.4 is 0 Å². The van der Waals surface area contributed by atoms with Gasteiger partial charge in [0.05, 0.1) is 77.2 Å². The Bertz CT molecular complexity index is 9960. The molecule has 0 N–H and O–H groups in total. The van der Waals surface area contributed by atoms with Crippen molar-refractivity contribution in [3.05, 3.63) is 472 Å². The van der Waals surface area contributed by atoms with E-state index in [9.17, 15) is 0 Å². The number of aromatic nitrogens is 16. The van der Waals surface area contributed by atoms with Gasteiger partial charge in [-0.2, -0.15) is 34.9 Å². The second-order valence-electron chi connectivity index (χ2n) is 36.8. The van der Waals surface area contributed by atoms with Crippen molar-refractivity contribution >= 4 is 153 Å². The van der Waals surface area contributed by atoms with Gasteiger partial charge in [-0.25, -0.2) is 9.97 Å². The summed E-state index contributed by atoms with van der Waals surface area (Å²) in [5.74, 6) is 5.53. The van der Waals surface area contributed by atoms with Gasteiger partial charge in [-0.1, -0.05) is 373 Å². The summed E-state index contributed by atoms with van der Waals surface area (Å²) in [5.41, 5.74) is 27.4. The molecule has 29 rings (SSSR count). The summed E-state index contributed by atoms with van der Waals surface area (Å²) in [5, 5.41) is 16.3. The third-order valence-electron chi connectivity index (χ3n) is 28.6. The molecule has 686 valence electrons. The Hall–Kier alpha value is -19.2. The first-order valence-electron chi connectivity index (χ1n) is 49.5. The van der Waals surface area contributed by atoms with Gasteiger partial charge in [0.25, 0.3) is 0 Å². The number of benzene rings is 19. The van der Waals surface area contributed by atoms with Gasteiger partial charge in [-0.15, -0.1) is 0 Å². The van der Waals surface area contributed by atoms with E-state index in [0.717, 1.165) is 184 Å². The SMILES string of the molecule is CCc1ccc(-c2nc(-c3ccc(CC)cc3)nc(-n3c4ccccc4c4ccc5c(c6ccccc6n5-c5ccccc5)c43)n2)cc1.CCc1cccc(-n2c3ccccc3c3c2ccc2c4ccccc4n(-c4nc(-c5ccccc5)nc(-c5ccccc5)n4)c23)c1.c1ccc(-c2nc(-n3c4ccccc4c4ccccc43)nc(-n3c4ccccc4c4ccc5c(c6ccccc6n5-c5ccccc5)c43)n2)cc1. The molecular weight excluding hydrogens is 1770 g/mol. The average Bonchev–Trinajstić information content (AvgIpc) is 1.55. The third kappa shape index (κ3) is 14.2. The van der Waals surface area contributed by atoms with Crippen LogP contribution in [0.1, 0.15) is 37.5 Å². The zero-order valence-corrected chi connectivity index (χ0v) is 79.6. The van der Waals surface area contributed by atoms with Crippen molar-refractivity contribution in [3.63, 3.8) is 0 Å². The molecule has 0 saturated carbocycles. The van der Waals surface area contributed by atoms with Gasteiger partial charge >= 0.3 is 0 Å². The second-order valence-corrected chi connectivity index (χ2v) is 36.8. The molecule has 0 unspecified atom stereocenters. The van der Waals surface area contributed by atoms with Gasteiger partial charge in [0.1, 0.15) is 0 Å². The lowest BCUT2D eigenvalue weighted by molar-refractivity contribution is 0.894. The van der Waals surface area contributed by atoms with Gasteiger partial charge < -0.3 is 13.7 Å². The molecule has 0 saturated heterocycles. The quantitative estimate of drug-likeness (QED) is 0.0977. The van der Waals surface area contributed by atoms with Crippen LogP contribution in [0.3, 0.4) is 0 Å². The minimum absolute atomic E-state index is 0.566. The number of para-hydroxylation sites is 10. The minimum atomic E-state index is 0.566. The highest BCUT2D eigenvalue weighted by atomic mass is 15.3. The molecule has 0 atom stereocenters. The molecule has 16 heteroatoms. The van der Waals surface area contributed by atoms with E-state index in [2.05, 4.69) is 453 Å². The number of aryl methyl sites for hydroxylation is 3. The largest absolute Gasteiger partial charge is 0.309 e. The number of hydrogen-bond donors (Lipinski definition) is 0. The van der Waals surface area contributed by atoms with Crippen LogP contribution in [0.25, 0.3) is 250 Å². The second kappa shape index (κ2) is 35.3. The normalized spacial score (nSPS) is 11.8. The Kier molecular flexibility index (Phi) is 20.7. The van der Waals surface area contributed by atoms with Crippen LogP contribution >= 0.6 is 0 Å². The van der Waals surface area contributed by atoms with E-state index in [1.54, 1.807) is 0 Å². The zero-order chi connectivity index (χ0) is 96.3. The maximum Gasteiger partial charge on any atom is 0.240 e. The van der Waals surface area contributed by atoms with Crippen LogP contribution in [0.4, 0.5) is 0 Å². The lowest BCUT2D eigenvalue weighted by atomic mass is 10.1. The summed E-state index contributed by atoms with van der Waals surface area (Å²) in [6.45, 7) is 6.55. The van der Waals surface area contributed by atoms with Gasteiger partial charge in [-0.3, -0.25) is 18.3 Å². The summed E-state index contributed by atoms with van der Waals surface area (Å²) in [7, 11) is 0. The van der Waals surface area contributed by atoms with Crippen LogP contribution in [-0.2, 0) is 19.3 Å². The van der Waals surface area contributed by atoms with E-state index in [1.807, 2.05) is 54.6 Å². The van der Waals surface area contributed by atoms with Crippen LogP contribution in [-0.4, -0.2) is 76.8 Å². The highest BCUT2D eigenvalue weighted by molar-refractivity contribution is 6.29. The highest BCUT2D eigenvalue weighted by Crippen LogP contribution is 2.48. The molecule has 145 heavy (non-hydrogen) atoms. The number of fused-ring (bicyclic) bond motifs is 24. The van der Waals surface area contributed by atoms with Crippen molar-refractivity contribution in [2.24, 2.45) is 0 Å². The van der Waals surface area contributed by atoms with E-state index in [1.165, 1.54) is 49.1 Å². The monoisotopic (exact) mass is 1860 g/mol. The lowest BCUT2D eigenvalue weighted by Crippen LogP contribution is -2.10. The summed E-state index contributed by atoms with van der Waals surface area (Å²) < 4.78 is 16.0. The highest BCUT2D eigenvalue weighted by Gasteiger charge is 2.30. The molecule has 0 aliphatic rings. The Labute approximate surface area is 833 Å². The van der Waals surface area contributed by atoms with Gasteiger partial charge in [0, 0.05) is 120 Å². The molecule has 10 aromatic heterocycles. The Balaban J connectivity index is 0.000000108. The maximum atomic E-state index is 5.39. The summed E-state index contributed by atoms with van der Waals surface area (Å²) in [6.07, 6.45) is 2.94. The van der Waals surface area contributed by atoms with Crippen LogP contribution in [0.2, 0.25) is 0 Å². The zero-order valence-electron chi connectivity index (χ0n) is 79.6. The van der Waals surface area contributed by atoms with Crippen molar-refractivity contribution in [3.8, 4) is 97.8 Å². The first-order chi connectivity index (χ1) is 71.8. The van der Waals surface area contributed by atoms with E-state index in [0.29, 0.717) is 52.9 Å². The molecular formula is C129H90N16. The molecule has 0 spiro atoms. The molecule has 29 aromatic rings. The van der Waals surface area contributed by atoms with Crippen molar-refractivity contribution in [1.82, 2.24) is 76.8 Å². The van der Waals surface area contributed by atoms with Gasteiger partial charge in [-0.05, 0) is 139 Å². The molecule has 0 aliphatic carbocycles. The Morgan fingerprint density at radius 2 is 0.386 bits per heavy atom. The lowest BCUT2D eigenvalue weighted by Gasteiger charge is -2.13. The Morgan fingerprint density at radius 3 is 0.703 bits per heavy atom. The molecule has 0 radical (unpaired) electrons. The van der Waals surface area contributed by atoms with Gasteiger partial charge in [0.15, 0.2) is 29.1 Å². The summed E-state index contributed by atoms with van der Waals surface area (Å²) >= 11 is 0. The molecule has 16 nitrogen and oxygen atoms in total. The predicted octanol–water partition coefficient (Wildman–Crippen LogP) is 31.3. The van der Waals surface area contributed by atoms with Crippen molar-refractivity contribution in [1.29, 1.82) is 0 Å². The molecule has 10 heterocycles. The van der Waals surface area contributed by atoms with E-state index < -0.39 is 0 Å². The first kappa shape index (κ1) is 85.0. The maximum absolute atomic E-state index is 5.39. The number of hydrogen-bond acceptors (Lipinski definition) is 9. The van der Waals surface area contributed by atoms with Crippen LogP contribution in [0.5, 0.6) is 0 Å². The fraction of sp³-hybridized carbons (Fsp3) is 0.0465. The minimum Gasteiger partial charge on any atom is -0.309 e. The summed E-state index contributed by atoms with van der Waals surface area (Å²) in [4.78, 5) is 46.8. The molecule has 0 bridgehead atoms. The van der Waals surface area contributed by atoms with Crippen LogP contribution in [0, 0.1) is 0 Å². The van der Waals surface area contributed by atoms with Gasteiger partial charge in [0.2, 0.25) is 23.8 Å². The van der Waals surface area contributed by atoms with Crippen molar-refractivity contribution < 1.29 is 0 Å². The van der Waals surface area contributed by atoms with Crippen molar-refractivity contribution in [2.45, 2.75) is 40.0 Å².